The van der Waals surface area contributed by atoms with Crippen LogP contribution in [0.1, 0.15) is 44.9 Å². The summed E-state index contributed by atoms with van der Waals surface area (Å²) in [5, 5.41) is 0. The number of rotatable bonds is 2. The molecule has 0 aromatic carbocycles. The second kappa shape index (κ2) is 6.02. The highest BCUT2D eigenvalue weighted by molar-refractivity contribution is 6.09. The van der Waals surface area contributed by atoms with Crippen molar-refractivity contribution in [3.8, 4) is 0 Å². The Labute approximate surface area is 114 Å². The summed E-state index contributed by atoms with van der Waals surface area (Å²) in [7, 11) is 0. The Morgan fingerprint density at radius 3 is 1.79 bits per heavy atom. The zero-order valence-electron chi connectivity index (χ0n) is 11.4. The van der Waals surface area contributed by atoms with E-state index in [0.717, 1.165) is 69.3 Å². The number of hydrogen-bond acceptors (Lipinski definition) is 3. The summed E-state index contributed by atoms with van der Waals surface area (Å²) in [6.45, 7) is 1.67. The smallest absolute Gasteiger partial charge is 0.184 e. The third kappa shape index (κ3) is 3.15. The van der Waals surface area contributed by atoms with Gasteiger partial charge in [0.15, 0.2) is 5.78 Å². The van der Waals surface area contributed by atoms with Crippen LogP contribution in [0.2, 0.25) is 0 Å². The van der Waals surface area contributed by atoms with Crippen LogP contribution >= 0.6 is 0 Å². The SMILES string of the molecule is O=C1/C(=C/[C@H]2CCCO2)CCC/C1=C\[C@H]1CCCO1. The molecule has 0 aromatic heterocycles. The number of allylic oxidation sites excluding steroid dienone is 2. The number of Topliss-reactive ketones (excluding diaryl/α,β-unsaturated/α-hetero) is 1. The van der Waals surface area contributed by atoms with Crippen molar-refractivity contribution in [1.82, 2.24) is 0 Å². The molecule has 2 aliphatic heterocycles. The van der Waals surface area contributed by atoms with Gasteiger partial charge in [0.25, 0.3) is 0 Å². The van der Waals surface area contributed by atoms with E-state index in [1.54, 1.807) is 0 Å². The van der Waals surface area contributed by atoms with Gasteiger partial charge in [0.05, 0.1) is 12.2 Å². The number of hydrogen-bond donors (Lipinski definition) is 0. The van der Waals surface area contributed by atoms with Crippen molar-refractivity contribution in [1.29, 1.82) is 0 Å². The van der Waals surface area contributed by atoms with Crippen LogP contribution in [0.15, 0.2) is 23.3 Å². The maximum Gasteiger partial charge on any atom is 0.184 e. The molecule has 104 valence electrons. The van der Waals surface area contributed by atoms with Gasteiger partial charge < -0.3 is 9.47 Å². The Hall–Kier alpha value is -0.930. The Morgan fingerprint density at radius 1 is 0.842 bits per heavy atom. The molecule has 0 radical (unpaired) electrons. The third-order valence-electron chi connectivity index (χ3n) is 4.18. The summed E-state index contributed by atoms with van der Waals surface area (Å²) in [5.41, 5.74) is 1.92. The van der Waals surface area contributed by atoms with E-state index in [2.05, 4.69) is 12.2 Å². The van der Waals surface area contributed by atoms with Gasteiger partial charge in [0, 0.05) is 13.2 Å². The van der Waals surface area contributed by atoms with Crippen LogP contribution in [0.5, 0.6) is 0 Å². The molecule has 3 heteroatoms. The number of ether oxygens (including phenoxy) is 2. The van der Waals surface area contributed by atoms with Gasteiger partial charge >= 0.3 is 0 Å². The predicted octanol–water partition coefficient (Wildman–Crippen LogP) is 2.95. The molecule has 2 atom stereocenters. The fourth-order valence-corrected chi connectivity index (χ4v) is 3.14. The van der Waals surface area contributed by atoms with Crippen LogP contribution in [0.4, 0.5) is 0 Å². The Kier molecular flexibility index (Phi) is 4.14. The average Bonchev–Trinajstić information content (AvgIpc) is 3.07. The molecule has 1 saturated carbocycles. The molecule has 0 spiro atoms. The minimum atomic E-state index is 0.168. The van der Waals surface area contributed by atoms with E-state index < -0.39 is 0 Å². The zero-order valence-corrected chi connectivity index (χ0v) is 11.4. The molecular weight excluding hydrogens is 240 g/mol. The molecule has 1 aliphatic carbocycles. The Balaban J connectivity index is 1.71. The summed E-state index contributed by atoms with van der Waals surface area (Å²) < 4.78 is 11.2. The topological polar surface area (TPSA) is 35.5 Å². The van der Waals surface area contributed by atoms with E-state index in [-0.39, 0.29) is 18.0 Å². The van der Waals surface area contributed by atoms with Crippen molar-refractivity contribution >= 4 is 5.78 Å². The van der Waals surface area contributed by atoms with Gasteiger partial charge in [-0.3, -0.25) is 4.79 Å². The Morgan fingerprint density at radius 2 is 1.37 bits per heavy atom. The van der Waals surface area contributed by atoms with Crippen molar-refractivity contribution in [3.63, 3.8) is 0 Å². The first kappa shape index (κ1) is 13.1. The maximum atomic E-state index is 12.5. The lowest BCUT2D eigenvalue weighted by molar-refractivity contribution is -0.113. The summed E-state index contributed by atoms with van der Waals surface area (Å²) in [5.74, 6) is 0.234. The molecule has 0 unspecified atom stereocenters. The molecular formula is C16H22O3. The molecule has 2 saturated heterocycles. The lowest BCUT2D eigenvalue weighted by Crippen LogP contribution is -2.17. The van der Waals surface area contributed by atoms with Gasteiger partial charge in [0.2, 0.25) is 0 Å². The molecule has 0 aromatic rings. The van der Waals surface area contributed by atoms with Crippen LogP contribution in [-0.4, -0.2) is 31.2 Å². The van der Waals surface area contributed by atoms with E-state index >= 15 is 0 Å². The number of carbonyl (C=O) groups is 1. The van der Waals surface area contributed by atoms with Gasteiger partial charge in [-0.2, -0.15) is 0 Å². The van der Waals surface area contributed by atoms with Crippen LogP contribution < -0.4 is 0 Å². The molecule has 3 rings (SSSR count). The van der Waals surface area contributed by atoms with Crippen LogP contribution in [0, 0.1) is 0 Å². The third-order valence-corrected chi connectivity index (χ3v) is 4.18. The van der Waals surface area contributed by atoms with Crippen molar-refractivity contribution in [2.45, 2.75) is 57.2 Å². The van der Waals surface area contributed by atoms with Crippen molar-refractivity contribution < 1.29 is 14.3 Å². The maximum absolute atomic E-state index is 12.5. The second-order valence-electron chi connectivity index (χ2n) is 5.67. The highest BCUT2D eigenvalue weighted by Crippen LogP contribution is 2.28. The van der Waals surface area contributed by atoms with E-state index in [1.807, 2.05) is 0 Å². The minimum Gasteiger partial charge on any atom is -0.374 e. The largest absolute Gasteiger partial charge is 0.374 e. The summed E-state index contributed by atoms with van der Waals surface area (Å²) in [6.07, 6.45) is 11.7. The second-order valence-corrected chi connectivity index (χ2v) is 5.67. The molecule has 19 heavy (non-hydrogen) atoms. The Bertz CT molecular complexity index is 360. The van der Waals surface area contributed by atoms with Gasteiger partial charge in [0.1, 0.15) is 0 Å². The molecule has 3 aliphatic rings. The fraction of sp³-hybridized carbons (Fsp3) is 0.688. The molecule has 0 bridgehead atoms. The fourth-order valence-electron chi connectivity index (χ4n) is 3.14. The van der Waals surface area contributed by atoms with Crippen molar-refractivity contribution in [2.24, 2.45) is 0 Å². The summed E-state index contributed by atoms with van der Waals surface area (Å²) in [6, 6.07) is 0. The minimum absolute atomic E-state index is 0.168. The van der Waals surface area contributed by atoms with Crippen LogP contribution in [-0.2, 0) is 14.3 Å². The quantitative estimate of drug-likeness (QED) is 0.718. The monoisotopic (exact) mass is 262 g/mol. The lowest BCUT2D eigenvalue weighted by Gasteiger charge is -2.18. The van der Waals surface area contributed by atoms with Crippen LogP contribution in [0.25, 0.3) is 0 Å². The van der Waals surface area contributed by atoms with Crippen molar-refractivity contribution in [3.05, 3.63) is 23.3 Å². The predicted molar refractivity (Wildman–Crippen MR) is 73.0 cm³/mol. The van der Waals surface area contributed by atoms with Gasteiger partial charge in [-0.15, -0.1) is 0 Å². The molecule has 3 fully saturated rings. The number of ketones is 1. The summed E-state index contributed by atoms with van der Waals surface area (Å²) >= 11 is 0. The molecule has 2 heterocycles. The molecule has 3 nitrogen and oxygen atoms in total. The van der Waals surface area contributed by atoms with Gasteiger partial charge in [-0.05, 0) is 68.2 Å². The first-order chi connectivity index (χ1) is 9.33. The van der Waals surface area contributed by atoms with E-state index in [0.29, 0.717) is 0 Å². The van der Waals surface area contributed by atoms with Gasteiger partial charge in [-0.25, -0.2) is 0 Å². The van der Waals surface area contributed by atoms with E-state index in [9.17, 15) is 4.79 Å². The highest BCUT2D eigenvalue weighted by Gasteiger charge is 2.24. The molecule has 0 N–H and O–H groups in total. The average molecular weight is 262 g/mol. The first-order valence-corrected chi connectivity index (χ1v) is 7.52. The zero-order chi connectivity index (χ0) is 13.1. The number of carbonyl (C=O) groups excluding carboxylic acids is 1. The van der Waals surface area contributed by atoms with E-state index in [1.165, 1.54) is 0 Å². The first-order valence-electron chi connectivity index (χ1n) is 7.52. The lowest BCUT2D eigenvalue weighted by atomic mass is 9.87. The highest BCUT2D eigenvalue weighted by atomic mass is 16.5. The van der Waals surface area contributed by atoms with E-state index in [4.69, 9.17) is 9.47 Å². The summed E-state index contributed by atoms with van der Waals surface area (Å²) in [4.78, 5) is 12.5. The van der Waals surface area contributed by atoms with Crippen molar-refractivity contribution in [2.75, 3.05) is 13.2 Å². The normalized spacial score (nSPS) is 36.5. The van der Waals surface area contributed by atoms with Crippen LogP contribution in [0.3, 0.4) is 0 Å². The molecule has 0 amide bonds. The van der Waals surface area contributed by atoms with Gasteiger partial charge in [-0.1, -0.05) is 0 Å². The standard InChI is InChI=1S/C16H22O3/c17-16-12(10-14-6-2-8-18-14)4-1-5-13(16)11-15-7-3-9-19-15/h10-11,14-15H,1-9H2/b12-10+,13-11+/t14-,15-/m1/s1.